The van der Waals surface area contributed by atoms with Crippen LogP contribution in [0.4, 0.5) is 0 Å². The van der Waals surface area contributed by atoms with Crippen molar-refractivity contribution in [2.45, 2.75) is 29.9 Å². The van der Waals surface area contributed by atoms with Crippen LogP contribution in [-0.2, 0) is 19.9 Å². The molecular weight excluding hydrogens is 488 g/mol. The highest BCUT2D eigenvalue weighted by Crippen LogP contribution is 2.26. The standard InChI is InChI=1S/C24H30N4O5S2/c1-18-5-9-21(10-6-18)34(29,30)23-17-19(2)26(3)24(25-23)27-13-15-28(16-14-27)35(31,32)22-11-7-20(33-4)8-12-22/h5-12,17,24H,13-16H2,1-4H3. The van der Waals surface area contributed by atoms with Gasteiger partial charge < -0.3 is 9.64 Å². The van der Waals surface area contributed by atoms with Crippen LogP contribution in [0.15, 0.2) is 75.1 Å². The Bertz CT molecular complexity index is 1340. The molecule has 0 aromatic heterocycles. The van der Waals surface area contributed by atoms with E-state index >= 15 is 0 Å². The number of allylic oxidation sites excluding steroid dienone is 1. The SMILES string of the molecule is COc1ccc(S(=O)(=O)N2CCN(C3N=C(S(=O)(=O)c4ccc(C)cc4)C=C(C)N3C)CC2)cc1. The first-order valence-corrected chi connectivity index (χ1v) is 14.2. The largest absolute Gasteiger partial charge is 0.497 e. The summed E-state index contributed by atoms with van der Waals surface area (Å²) >= 11 is 0. The monoisotopic (exact) mass is 518 g/mol. The molecule has 0 radical (unpaired) electrons. The van der Waals surface area contributed by atoms with Gasteiger partial charge in [0.15, 0.2) is 11.3 Å². The predicted octanol–water partition coefficient (Wildman–Crippen LogP) is 2.32. The van der Waals surface area contributed by atoms with Crippen molar-refractivity contribution in [3.63, 3.8) is 0 Å². The Labute approximate surface area is 207 Å². The van der Waals surface area contributed by atoms with Crippen molar-refractivity contribution in [3.8, 4) is 5.75 Å². The van der Waals surface area contributed by atoms with E-state index in [9.17, 15) is 16.8 Å². The van der Waals surface area contributed by atoms with Gasteiger partial charge in [-0.3, -0.25) is 4.90 Å². The normalized spacial score (nSPS) is 20.3. The Morgan fingerprint density at radius 2 is 1.43 bits per heavy atom. The number of aryl methyl sites for hydroxylation is 1. The van der Waals surface area contributed by atoms with Crippen molar-refractivity contribution in [2.75, 3.05) is 40.3 Å². The third-order valence-electron chi connectivity index (χ3n) is 6.38. The molecule has 2 aliphatic heterocycles. The molecule has 2 aromatic carbocycles. The van der Waals surface area contributed by atoms with Crippen molar-refractivity contribution in [1.29, 1.82) is 0 Å². The lowest BCUT2D eigenvalue weighted by molar-refractivity contribution is 0.0597. The van der Waals surface area contributed by atoms with Gasteiger partial charge in [-0.15, -0.1) is 0 Å². The first-order chi connectivity index (χ1) is 16.5. The number of benzene rings is 2. The maximum Gasteiger partial charge on any atom is 0.243 e. The molecule has 0 aliphatic carbocycles. The third kappa shape index (κ3) is 4.99. The van der Waals surface area contributed by atoms with Gasteiger partial charge in [-0.1, -0.05) is 17.7 Å². The molecule has 1 saturated heterocycles. The summed E-state index contributed by atoms with van der Waals surface area (Å²) in [6.07, 6.45) is 1.04. The van der Waals surface area contributed by atoms with E-state index in [-0.39, 0.29) is 27.9 Å². The van der Waals surface area contributed by atoms with Gasteiger partial charge in [0.1, 0.15) is 5.75 Å². The highest BCUT2D eigenvalue weighted by Gasteiger charge is 2.35. The highest BCUT2D eigenvalue weighted by atomic mass is 32.2. The number of hydrogen-bond donors (Lipinski definition) is 0. The second-order valence-corrected chi connectivity index (χ2v) is 12.5. The maximum absolute atomic E-state index is 13.3. The fraction of sp³-hybridized carbons (Fsp3) is 0.375. The van der Waals surface area contributed by atoms with Gasteiger partial charge in [-0.2, -0.15) is 4.31 Å². The second-order valence-electron chi connectivity index (χ2n) is 8.64. The minimum atomic E-state index is -3.78. The van der Waals surface area contributed by atoms with E-state index in [2.05, 4.69) is 4.99 Å². The van der Waals surface area contributed by atoms with Crippen LogP contribution in [-0.4, -0.2) is 82.6 Å². The second kappa shape index (κ2) is 9.73. The molecule has 35 heavy (non-hydrogen) atoms. The van der Waals surface area contributed by atoms with E-state index < -0.39 is 26.2 Å². The molecule has 4 rings (SSSR count). The lowest BCUT2D eigenvalue weighted by Gasteiger charge is -2.42. The van der Waals surface area contributed by atoms with Gasteiger partial charge in [0.2, 0.25) is 19.9 Å². The Morgan fingerprint density at radius 3 is 2.00 bits per heavy atom. The summed E-state index contributed by atoms with van der Waals surface area (Å²) in [7, 11) is -4.04. The predicted molar refractivity (Wildman–Crippen MR) is 134 cm³/mol. The molecule has 9 nitrogen and oxygen atoms in total. The summed E-state index contributed by atoms with van der Waals surface area (Å²) in [5.74, 6) is 0.590. The number of aliphatic imine (C=N–C) groups is 1. The van der Waals surface area contributed by atoms with Gasteiger partial charge in [0.05, 0.1) is 16.9 Å². The number of methoxy groups -OCH3 is 1. The molecule has 2 aliphatic rings. The van der Waals surface area contributed by atoms with Crippen molar-refractivity contribution < 1.29 is 21.6 Å². The first-order valence-electron chi connectivity index (χ1n) is 11.2. The molecule has 2 heterocycles. The van der Waals surface area contributed by atoms with E-state index in [4.69, 9.17) is 4.74 Å². The van der Waals surface area contributed by atoms with Gasteiger partial charge >= 0.3 is 0 Å². The minimum Gasteiger partial charge on any atom is -0.497 e. The summed E-state index contributed by atoms with van der Waals surface area (Å²) in [4.78, 5) is 8.91. The maximum atomic E-state index is 13.3. The van der Waals surface area contributed by atoms with Crippen LogP contribution >= 0.6 is 0 Å². The van der Waals surface area contributed by atoms with E-state index in [1.807, 2.05) is 30.7 Å². The number of sulfonamides is 1. The van der Waals surface area contributed by atoms with Gasteiger partial charge in [-0.25, -0.2) is 21.8 Å². The number of nitrogens with zero attached hydrogens (tertiary/aromatic N) is 4. The highest BCUT2D eigenvalue weighted by molar-refractivity contribution is 8.06. The zero-order valence-electron chi connectivity index (χ0n) is 20.2. The summed E-state index contributed by atoms with van der Waals surface area (Å²) in [6, 6.07) is 13.0. The lowest BCUT2D eigenvalue weighted by Crippen LogP contribution is -2.56. The Balaban J connectivity index is 1.53. The molecule has 1 atom stereocenters. The third-order valence-corrected chi connectivity index (χ3v) is 9.96. The molecule has 0 N–H and O–H groups in total. The van der Waals surface area contributed by atoms with Gasteiger partial charge in [-0.05, 0) is 56.3 Å². The van der Waals surface area contributed by atoms with Crippen LogP contribution in [0.2, 0.25) is 0 Å². The van der Waals surface area contributed by atoms with Crippen LogP contribution < -0.4 is 4.74 Å². The Morgan fingerprint density at radius 1 is 0.857 bits per heavy atom. The molecule has 188 valence electrons. The number of sulfone groups is 1. The van der Waals surface area contributed by atoms with Crippen LogP contribution in [0.25, 0.3) is 0 Å². The smallest absolute Gasteiger partial charge is 0.243 e. The van der Waals surface area contributed by atoms with Crippen molar-refractivity contribution in [1.82, 2.24) is 14.1 Å². The Hall–Kier alpha value is -2.73. The average Bonchev–Trinajstić information content (AvgIpc) is 2.86. The van der Waals surface area contributed by atoms with Gasteiger partial charge in [0, 0.05) is 38.9 Å². The summed E-state index contributed by atoms with van der Waals surface area (Å²) < 4.78 is 59.3. The fourth-order valence-corrected chi connectivity index (χ4v) is 6.80. The Kier molecular flexibility index (Phi) is 7.05. The number of rotatable bonds is 5. The summed E-state index contributed by atoms with van der Waals surface area (Å²) in [6.45, 7) is 5.13. The topological polar surface area (TPSA) is 99.6 Å². The molecular formula is C24H30N4O5S2. The average molecular weight is 519 g/mol. The fourth-order valence-electron chi connectivity index (χ4n) is 4.08. The lowest BCUT2D eigenvalue weighted by atomic mass is 10.2. The van der Waals surface area contributed by atoms with Gasteiger partial charge in [0.25, 0.3) is 0 Å². The number of piperazine rings is 1. The van der Waals surface area contributed by atoms with Crippen molar-refractivity contribution in [2.24, 2.45) is 4.99 Å². The van der Waals surface area contributed by atoms with E-state index in [0.29, 0.717) is 18.8 Å². The quantitative estimate of drug-likeness (QED) is 0.599. The van der Waals surface area contributed by atoms with Crippen LogP contribution in [0, 0.1) is 6.92 Å². The summed E-state index contributed by atoms with van der Waals surface area (Å²) in [5, 5.41) is 0.00948. The molecule has 0 saturated carbocycles. The zero-order valence-corrected chi connectivity index (χ0v) is 21.9. The summed E-state index contributed by atoms with van der Waals surface area (Å²) in [5.41, 5.74) is 1.74. The van der Waals surface area contributed by atoms with Crippen LogP contribution in [0.3, 0.4) is 0 Å². The van der Waals surface area contributed by atoms with Crippen LogP contribution in [0.5, 0.6) is 5.75 Å². The number of ether oxygens (including phenoxy) is 1. The van der Waals surface area contributed by atoms with Crippen molar-refractivity contribution in [3.05, 3.63) is 65.9 Å². The zero-order chi connectivity index (χ0) is 25.4. The van der Waals surface area contributed by atoms with E-state index in [1.165, 1.54) is 23.5 Å². The molecule has 1 unspecified atom stereocenters. The molecule has 2 aromatic rings. The molecule has 1 fully saturated rings. The number of hydrogen-bond acceptors (Lipinski definition) is 8. The molecule has 0 amide bonds. The molecule has 0 bridgehead atoms. The first kappa shape index (κ1) is 25.4. The van der Waals surface area contributed by atoms with Crippen LogP contribution in [0.1, 0.15) is 12.5 Å². The van der Waals surface area contributed by atoms with E-state index in [1.54, 1.807) is 42.5 Å². The van der Waals surface area contributed by atoms with E-state index in [0.717, 1.165) is 11.3 Å². The molecule has 11 heteroatoms. The minimum absolute atomic E-state index is 0.00948. The molecule has 0 spiro atoms. The van der Waals surface area contributed by atoms with Crippen molar-refractivity contribution >= 4 is 24.9 Å².